The molecular formula is C19H31N5O. The highest BCUT2D eigenvalue weighted by Gasteiger charge is 2.19. The molecule has 25 heavy (non-hydrogen) atoms. The van der Waals surface area contributed by atoms with Crippen molar-refractivity contribution in [3.8, 4) is 0 Å². The van der Waals surface area contributed by atoms with E-state index in [4.69, 9.17) is 9.84 Å². The number of unbranched alkanes of at least 4 members (excludes halogenated alkanes) is 1. The topological polar surface area (TPSA) is 64.9 Å². The fourth-order valence-corrected chi connectivity index (χ4v) is 3.41. The molecule has 138 valence electrons. The molecule has 1 aliphatic heterocycles. The molecule has 2 aromatic rings. The van der Waals surface area contributed by atoms with Crippen LogP contribution in [0.1, 0.15) is 52.1 Å². The molecule has 6 nitrogen and oxygen atoms in total. The Morgan fingerprint density at radius 1 is 1.36 bits per heavy atom. The van der Waals surface area contributed by atoms with Gasteiger partial charge in [0.25, 0.3) is 0 Å². The Balaban J connectivity index is 1.81. The van der Waals surface area contributed by atoms with Gasteiger partial charge >= 0.3 is 0 Å². The Morgan fingerprint density at radius 3 is 2.96 bits per heavy atom. The van der Waals surface area contributed by atoms with Crippen LogP contribution in [0.5, 0.6) is 0 Å². The average Bonchev–Trinajstić information content (AvgIpc) is 3.21. The summed E-state index contributed by atoms with van der Waals surface area (Å²) in [5, 5.41) is 9.51. The van der Waals surface area contributed by atoms with Crippen molar-refractivity contribution in [2.24, 2.45) is 11.8 Å². The predicted octanol–water partition coefficient (Wildman–Crippen LogP) is 3.66. The van der Waals surface area contributed by atoms with E-state index in [0.717, 1.165) is 74.5 Å². The standard InChI is InChI=1S/C19H31N5O/c1-4-5-9-24-19-17(16(23-24)11-14(2)3)18(21-13-22-19)20-8-6-15-7-10-25-12-15/h13-15H,4-12H2,1-3H3,(H,20,21,22). The van der Waals surface area contributed by atoms with E-state index in [1.807, 2.05) is 0 Å². The van der Waals surface area contributed by atoms with Gasteiger partial charge < -0.3 is 10.1 Å². The van der Waals surface area contributed by atoms with Gasteiger partial charge in [0.05, 0.1) is 11.1 Å². The summed E-state index contributed by atoms with van der Waals surface area (Å²) in [6.45, 7) is 10.3. The number of aromatic nitrogens is 4. The summed E-state index contributed by atoms with van der Waals surface area (Å²) in [7, 11) is 0. The zero-order chi connectivity index (χ0) is 17.6. The number of nitrogens with one attached hydrogen (secondary N) is 1. The van der Waals surface area contributed by atoms with Gasteiger partial charge in [0, 0.05) is 26.3 Å². The lowest BCUT2D eigenvalue weighted by Gasteiger charge is -2.10. The van der Waals surface area contributed by atoms with Crippen molar-refractivity contribution >= 4 is 16.9 Å². The van der Waals surface area contributed by atoms with E-state index in [9.17, 15) is 0 Å². The van der Waals surface area contributed by atoms with Crippen molar-refractivity contribution in [3.63, 3.8) is 0 Å². The minimum absolute atomic E-state index is 0.557. The van der Waals surface area contributed by atoms with E-state index < -0.39 is 0 Å². The molecule has 0 aromatic carbocycles. The zero-order valence-corrected chi connectivity index (χ0v) is 15.8. The average molecular weight is 345 g/mol. The van der Waals surface area contributed by atoms with Gasteiger partial charge in [-0.2, -0.15) is 5.10 Å². The number of hydrogen-bond donors (Lipinski definition) is 1. The first-order valence-electron chi connectivity index (χ1n) is 9.71. The molecule has 1 saturated heterocycles. The molecule has 1 aliphatic rings. The summed E-state index contributed by atoms with van der Waals surface area (Å²) >= 11 is 0. The third kappa shape index (κ3) is 4.48. The van der Waals surface area contributed by atoms with Gasteiger partial charge in [-0.3, -0.25) is 0 Å². The maximum Gasteiger partial charge on any atom is 0.163 e. The number of aryl methyl sites for hydroxylation is 1. The highest BCUT2D eigenvalue weighted by Crippen LogP contribution is 2.26. The van der Waals surface area contributed by atoms with Crippen LogP contribution in [0.15, 0.2) is 6.33 Å². The van der Waals surface area contributed by atoms with Crippen LogP contribution < -0.4 is 5.32 Å². The normalized spacial score (nSPS) is 17.7. The molecule has 0 radical (unpaired) electrons. The van der Waals surface area contributed by atoms with Crippen LogP contribution in [-0.4, -0.2) is 39.5 Å². The maximum absolute atomic E-state index is 5.47. The van der Waals surface area contributed by atoms with Crippen molar-refractivity contribution in [2.45, 2.75) is 59.4 Å². The second-order valence-corrected chi connectivity index (χ2v) is 7.49. The minimum atomic E-state index is 0.557. The van der Waals surface area contributed by atoms with Gasteiger partial charge in [-0.25, -0.2) is 14.6 Å². The molecule has 1 N–H and O–H groups in total. The van der Waals surface area contributed by atoms with E-state index in [1.54, 1.807) is 6.33 Å². The molecule has 1 atom stereocenters. The van der Waals surface area contributed by atoms with Gasteiger partial charge in [0.15, 0.2) is 5.65 Å². The second kappa shape index (κ2) is 8.61. The number of hydrogen-bond acceptors (Lipinski definition) is 5. The lowest BCUT2D eigenvalue weighted by molar-refractivity contribution is 0.185. The molecule has 1 unspecified atom stereocenters. The lowest BCUT2D eigenvalue weighted by atomic mass is 10.0. The van der Waals surface area contributed by atoms with Gasteiger partial charge in [-0.05, 0) is 37.5 Å². The Morgan fingerprint density at radius 2 is 2.24 bits per heavy atom. The van der Waals surface area contributed by atoms with Gasteiger partial charge in [-0.1, -0.05) is 27.2 Å². The summed E-state index contributed by atoms with van der Waals surface area (Å²) in [6.07, 6.45) is 7.18. The molecule has 1 fully saturated rings. The second-order valence-electron chi connectivity index (χ2n) is 7.49. The first-order chi connectivity index (χ1) is 12.2. The quantitative estimate of drug-likeness (QED) is 0.751. The largest absolute Gasteiger partial charge is 0.381 e. The van der Waals surface area contributed by atoms with Crippen LogP contribution in [0.3, 0.4) is 0 Å². The van der Waals surface area contributed by atoms with Crippen molar-refractivity contribution in [1.82, 2.24) is 19.7 Å². The molecule has 6 heteroatoms. The first kappa shape index (κ1) is 18.1. The van der Waals surface area contributed by atoms with E-state index >= 15 is 0 Å². The minimum Gasteiger partial charge on any atom is -0.381 e. The van der Waals surface area contributed by atoms with Crippen LogP contribution in [0, 0.1) is 11.8 Å². The van der Waals surface area contributed by atoms with E-state index in [2.05, 4.69) is 40.7 Å². The summed E-state index contributed by atoms with van der Waals surface area (Å²) < 4.78 is 7.53. The molecule has 0 saturated carbocycles. The van der Waals surface area contributed by atoms with Gasteiger partial charge in [-0.15, -0.1) is 0 Å². The van der Waals surface area contributed by atoms with Crippen molar-refractivity contribution in [2.75, 3.05) is 25.1 Å². The number of nitrogens with zero attached hydrogens (tertiary/aromatic N) is 4. The highest BCUT2D eigenvalue weighted by molar-refractivity contribution is 5.89. The molecule has 3 rings (SSSR count). The Kier molecular flexibility index (Phi) is 6.24. The molecule has 3 heterocycles. The number of ether oxygens (including phenoxy) is 1. The maximum atomic E-state index is 5.47. The first-order valence-corrected chi connectivity index (χ1v) is 9.71. The van der Waals surface area contributed by atoms with Crippen molar-refractivity contribution < 1.29 is 4.74 Å². The molecular weight excluding hydrogens is 314 g/mol. The number of fused-ring (bicyclic) bond motifs is 1. The van der Waals surface area contributed by atoms with Crippen molar-refractivity contribution in [3.05, 3.63) is 12.0 Å². The number of rotatable bonds is 9. The molecule has 0 spiro atoms. The van der Waals surface area contributed by atoms with Gasteiger partial charge in [0.1, 0.15) is 12.1 Å². The van der Waals surface area contributed by atoms with Gasteiger partial charge in [0.2, 0.25) is 0 Å². The smallest absolute Gasteiger partial charge is 0.163 e. The predicted molar refractivity (Wildman–Crippen MR) is 101 cm³/mol. The SMILES string of the molecule is CCCCn1nc(CC(C)C)c2c(NCCC3CCOC3)ncnc21. The fourth-order valence-electron chi connectivity index (χ4n) is 3.41. The van der Waals surface area contributed by atoms with E-state index in [-0.39, 0.29) is 0 Å². The Hall–Kier alpha value is -1.69. The monoisotopic (exact) mass is 345 g/mol. The van der Waals surface area contributed by atoms with E-state index in [0.29, 0.717) is 11.8 Å². The molecule has 0 aliphatic carbocycles. The molecule has 2 aromatic heterocycles. The summed E-state index contributed by atoms with van der Waals surface area (Å²) in [5.41, 5.74) is 2.08. The van der Waals surface area contributed by atoms with Crippen LogP contribution in [0.4, 0.5) is 5.82 Å². The third-order valence-electron chi connectivity index (χ3n) is 4.80. The van der Waals surface area contributed by atoms with Crippen LogP contribution >= 0.6 is 0 Å². The summed E-state index contributed by atoms with van der Waals surface area (Å²) in [4.78, 5) is 9.06. The zero-order valence-electron chi connectivity index (χ0n) is 15.8. The van der Waals surface area contributed by atoms with Crippen LogP contribution in [0.25, 0.3) is 11.0 Å². The van der Waals surface area contributed by atoms with Crippen LogP contribution in [-0.2, 0) is 17.7 Å². The molecule has 0 bridgehead atoms. The Bertz CT molecular complexity index is 676. The van der Waals surface area contributed by atoms with Crippen LogP contribution in [0.2, 0.25) is 0 Å². The number of anilines is 1. The highest BCUT2D eigenvalue weighted by atomic mass is 16.5. The van der Waals surface area contributed by atoms with E-state index in [1.165, 1.54) is 6.42 Å². The summed E-state index contributed by atoms with van der Waals surface area (Å²) in [5.74, 6) is 2.16. The van der Waals surface area contributed by atoms with Crippen molar-refractivity contribution in [1.29, 1.82) is 0 Å². The Labute approximate surface area is 150 Å². The lowest BCUT2D eigenvalue weighted by Crippen LogP contribution is -2.10. The third-order valence-corrected chi connectivity index (χ3v) is 4.80. The molecule has 0 amide bonds. The fraction of sp³-hybridized carbons (Fsp3) is 0.737. The summed E-state index contributed by atoms with van der Waals surface area (Å²) in [6, 6.07) is 0.